The number of amides is 1. The largest absolute Gasteiger partial charge is 0.342 e. The van der Waals surface area contributed by atoms with Crippen LogP contribution in [0.4, 0.5) is 0 Å². The van der Waals surface area contributed by atoms with Crippen LogP contribution in [0.1, 0.15) is 55.2 Å². The molecule has 1 aliphatic carbocycles. The Hall–Kier alpha value is -1.75. The SMILES string of the molecule is Cc1cncnc1C1CCN(C(=O)[C@@]2(c3cccs3)CC2(C)C)CC1. The van der Waals surface area contributed by atoms with Crippen LogP contribution in [0.15, 0.2) is 30.0 Å². The third-order valence-corrected chi connectivity index (χ3v) is 7.18. The smallest absolute Gasteiger partial charge is 0.234 e. The molecule has 2 aromatic heterocycles. The van der Waals surface area contributed by atoms with Crippen LogP contribution in [0.5, 0.6) is 0 Å². The molecule has 0 radical (unpaired) electrons. The second kappa shape index (κ2) is 5.90. The Balaban J connectivity index is 1.50. The van der Waals surface area contributed by atoms with Crippen LogP contribution in [-0.2, 0) is 10.2 Å². The van der Waals surface area contributed by atoms with Crippen molar-refractivity contribution in [2.45, 2.75) is 51.4 Å². The van der Waals surface area contributed by atoms with Crippen molar-refractivity contribution < 1.29 is 4.79 Å². The first kappa shape index (κ1) is 16.7. The first-order valence-electron chi connectivity index (χ1n) is 9.05. The standard InChI is InChI=1S/C20H25N3OS/c1-14-11-21-13-22-17(14)15-6-8-23(9-7-15)18(24)20(12-19(20,2)3)16-5-4-10-25-16/h4-5,10-11,13,15H,6-9,12H2,1-3H3/t20-/m0/s1. The van der Waals surface area contributed by atoms with E-state index in [-0.39, 0.29) is 10.8 Å². The van der Waals surface area contributed by atoms with E-state index in [1.807, 2.05) is 6.20 Å². The lowest BCUT2D eigenvalue weighted by molar-refractivity contribution is -0.135. The molecule has 0 N–H and O–H groups in total. The molecule has 0 aromatic carbocycles. The van der Waals surface area contributed by atoms with Gasteiger partial charge in [-0.2, -0.15) is 0 Å². The fourth-order valence-electron chi connectivity index (χ4n) is 4.49. The van der Waals surface area contributed by atoms with Crippen molar-refractivity contribution in [3.05, 3.63) is 46.2 Å². The van der Waals surface area contributed by atoms with Crippen LogP contribution in [0.25, 0.3) is 0 Å². The Morgan fingerprint density at radius 1 is 1.32 bits per heavy atom. The van der Waals surface area contributed by atoms with Crippen molar-refractivity contribution in [3.63, 3.8) is 0 Å². The average molecular weight is 356 g/mol. The maximum Gasteiger partial charge on any atom is 0.234 e. The van der Waals surface area contributed by atoms with Crippen molar-refractivity contribution in [1.29, 1.82) is 0 Å². The highest BCUT2D eigenvalue weighted by Crippen LogP contribution is 2.66. The van der Waals surface area contributed by atoms with Crippen molar-refractivity contribution in [2.24, 2.45) is 5.41 Å². The van der Waals surface area contributed by atoms with Gasteiger partial charge in [-0.1, -0.05) is 19.9 Å². The Labute approximate surface area is 153 Å². The molecule has 4 nitrogen and oxygen atoms in total. The van der Waals surface area contributed by atoms with Gasteiger partial charge in [0.15, 0.2) is 0 Å². The first-order chi connectivity index (χ1) is 12.0. The molecule has 0 bridgehead atoms. The van der Waals surface area contributed by atoms with Gasteiger partial charge in [-0.05, 0) is 48.6 Å². The quantitative estimate of drug-likeness (QED) is 0.838. The molecule has 1 saturated carbocycles. The van der Waals surface area contributed by atoms with Crippen LogP contribution in [-0.4, -0.2) is 33.9 Å². The molecule has 0 spiro atoms. The minimum Gasteiger partial charge on any atom is -0.342 e. The molecular formula is C20H25N3OS. The maximum atomic E-state index is 13.4. The van der Waals surface area contributed by atoms with Gasteiger partial charge in [-0.3, -0.25) is 4.79 Å². The van der Waals surface area contributed by atoms with E-state index in [0.717, 1.165) is 43.6 Å². The van der Waals surface area contributed by atoms with E-state index in [9.17, 15) is 4.79 Å². The van der Waals surface area contributed by atoms with Gasteiger partial charge in [0.05, 0.1) is 5.41 Å². The fourth-order valence-corrected chi connectivity index (χ4v) is 5.59. The number of carbonyl (C=O) groups excluding carboxylic acids is 1. The second-order valence-electron chi connectivity index (χ2n) is 8.10. The molecule has 1 aliphatic heterocycles. The topological polar surface area (TPSA) is 46.1 Å². The summed E-state index contributed by atoms with van der Waals surface area (Å²) >= 11 is 1.72. The minimum atomic E-state index is -0.293. The number of piperidine rings is 1. The zero-order valence-corrected chi connectivity index (χ0v) is 16.0. The zero-order valence-electron chi connectivity index (χ0n) is 15.2. The summed E-state index contributed by atoms with van der Waals surface area (Å²) in [6.45, 7) is 8.18. The molecule has 2 aliphatic rings. The van der Waals surface area contributed by atoms with Gasteiger partial charge in [0, 0.05) is 35.8 Å². The van der Waals surface area contributed by atoms with E-state index in [0.29, 0.717) is 11.8 Å². The second-order valence-corrected chi connectivity index (χ2v) is 9.05. The number of hydrogen-bond acceptors (Lipinski definition) is 4. The molecule has 1 atom stereocenters. The molecule has 2 fully saturated rings. The highest BCUT2D eigenvalue weighted by Gasteiger charge is 2.68. The molecule has 4 rings (SSSR count). The number of carbonyl (C=O) groups is 1. The van der Waals surface area contributed by atoms with Crippen LogP contribution in [0, 0.1) is 12.3 Å². The van der Waals surface area contributed by atoms with Crippen LogP contribution in [0.2, 0.25) is 0 Å². The van der Waals surface area contributed by atoms with Gasteiger partial charge in [-0.15, -0.1) is 11.3 Å². The fraction of sp³-hybridized carbons (Fsp3) is 0.550. The number of likely N-dealkylation sites (tertiary alicyclic amines) is 1. The van der Waals surface area contributed by atoms with Crippen LogP contribution < -0.4 is 0 Å². The van der Waals surface area contributed by atoms with Gasteiger partial charge in [0.2, 0.25) is 5.91 Å². The third-order valence-electron chi connectivity index (χ3n) is 6.15. The molecule has 5 heteroatoms. The Morgan fingerprint density at radius 3 is 2.60 bits per heavy atom. The normalized spacial score (nSPS) is 25.8. The number of aromatic nitrogens is 2. The van der Waals surface area contributed by atoms with Gasteiger partial charge in [0.25, 0.3) is 0 Å². The molecular weight excluding hydrogens is 330 g/mol. The molecule has 0 unspecified atom stereocenters. The molecule has 1 amide bonds. The number of hydrogen-bond donors (Lipinski definition) is 0. The lowest BCUT2D eigenvalue weighted by Gasteiger charge is -2.35. The third kappa shape index (κ3) is 2.60. The lowest BCUT2D eigenvalue weighted by atomic mass is 9.88. The monoisotopic (exact) mass is 355 g/mol. The van der Waals surface area contributed by atoms with E-state index in [1.54, 1.807) is 17.7 Å². The van der Waals surface area contributed by atoms with Crippen molar-refractivity contribution in [2.75, 3.05) is 13.1 Å². The van der Waals surface area contributed by atoms with E-state index in [1.165, 1.54) is 4.88 Å². The molecule has 2 aromatic rings. The van der Waals surface area contributed by atoms with Crippen LogP contribution >= 0.6 is 11.3 Å². The summed E-state index contributed by atoms with van der Waals surface area (Å²) in [5.41, 5.74) is 2.08. The Kier molecular flexibility index (Phi) is 3.95. The van der Waals surface area contributed by atoms with Gasteiger partial charge < -0.3 is 4.90 Å². The molecule has 3 heterocycles. The van der Waals surface area contributed by atoms with Crippen LogP contribution in [0.3, 0.4) is 0 Å². The van der Waals surface area contributed by atoms with Crippen molar-refractivity contribution in [3.8, 4) is 0 Å². The summed E-state index contributed by atoms with van der Waals surface area (Å²) in [6, 6.07) is 4.20. The molecule has 132 valence electrons. The number of nitrogens with zero attached hydrogens (tertiary/aromatic N) is 3. The Bertz CT molecular complexity index is 778. The number of rotatable bonds is 3. The van der Waals surface area contributed by atoms with Gasteiger partial charge in [0.1, 0.15) is 6.33 Å². The summed E-state index contributed by atoms with van der Waals surface area (Å²) in [5, 5.41) is 2.09. The van der Waals surface area contributed by atoms with Crippen molar-refractivity contribution in [1.82, 2.24) is 14.9 Å². The predicted molar refractivity (Wildman–Crippen MR) is 99.7 cm³/mol. The maximum absolute atomic E-state index is 13.4. The lowest BCUT2D eigenvalue weighted by Crippen LogP contribution is -2.45. The number of thiophene rings is 1. The minimum absolute atomic E-state index is 0.0645. The predicted octanol–water partition coefficient (Wildman–Crippen LogP) is 3.92. The molecule has 25 heavy (non-hydrogen) atoms. The summed E-state index contributed by atoms with van der Waals surface area (Å²) in [5.74, 6) is 0.773. The summed E-state index contributed by atoms with van der Waals surface area (Å²) in [6.07, 6.45) is 6.47. The number of aryl methyl sites for hydroxylation is 1. The van der Waals surface area contributed by atoms with Gasteiger partial charge >= 0.3 is 0 Å². The molecule has 1 saturated heterocycles. The van der Waals surface area contributed by atoms with Crippen molar-refractivity contribution >= 4 is 17.2 Å². The Morgan fingerprint density at radius 2 is 2.04 bits per heavy atom. The zero-order chi connectivity index (χ0) is 17.7. The van der Waals surface area contributed by atoms with E-state index >= 15 is 0 Å². The summed E-state index contributed by atoms with van der Waals surface area (Å²) < 4.78 is 0. The van der Waals surface area contributed by atoms with Gasteiger partial charge in [-0.25, -0.2) is 9.97 Å². The van der Waals surface area contributed by atoms with E-state index in [2.05, 4.69) is 53.2 Å². The summed E-state index contributed by atoms with van der Waals surface area (Å²) in [7, 11) is 0. The first-order valence-corrected chi connectivity index (χ1v) is 9.93. The average Bonchev–Trinajstić information content (AvgIpc) is 2.98. The highest BCUT2D eigenvalue weighted by atomic mass is 32.1. The van der Waals surface area contributed by atoms with E-state index in [4.69, 9.17) is 0 Å². The summed E-state index contributed by atoms with van der Waals surface area (Å²) in [4.78, 5) is 25.3. The highest BCUT2D eigenvalue weighted by molar-refractivity contribution is 7.10. The van der Waals surface area contributed by atoms with E-state index < -0.39 is 0 Å².